The first-order valence-corrected chi connectivity index (χ1v) is 11.6. The van der Waals surface area contributed by atoms with E-state index >= 15 is 0 Å². The number of thioether (sulfide) groups is 1. The second-order valence-electron chi connectivity index (χ2n) is 7.38. The van der Waals surface area contributed by atoms with Gasteiger partial charge >= 0.3 is 0 Å². The normalized spacial score (nSPS) is 13.9. The summed E-state index contributed by atoms with van der Waals surface area (Å²) in [6.07, 6.45) is 0. The molecule has 1 aromatic heterocycles. The summed E-state index contributed by atoms with van der Waals surface area (Å²) < 4.78 is 21.2. The number of ether oxygens (including phenoxy) is 1. The van der Waals surface area contributed by atoms with Crippen LogP contribution in [0.5, 0.6) is 0 Å². The van der Waals surface area contributed by atoms with Crippen molar-refractivity contribution in [2.24, 2.45) is 0 Å². The van der Waals surface area contributed by atoms with E-state index in [1.807, 2.05) is 52.8 Å². The number of benzene rings is 2. The van der Waals surface area contributed by atoms with Crippen molar-refractivity contribution in [1.29, 1.82) is 0 Å². The maximum absolute atomic E-state index is 14.0. The van der Waals surface area contributed by atoms with Crippen molar-refractivity contribution in [2.45, 2.75) is 18.6 Å². The van der Waals surface area contributed by atoms with Gasteiger partial charge in [-0.05, 0) is 30.7 Å². The Kier molecular flexibility index (Phi) is 7.39. The van der Waals surface area contributed by atoms with Crippen molar-refractivity contribution in [3.8, 4) is 5.69 Å². The molecule has 2 aromatic carbocycles. The van der Waals surface area contributed by atoms with Crippen LogP contribution in [0.3, 0.4) is 0 Å². The molecule has 0 unspecified atom stereocenters. The lowest BCUT2D eigenvalue weighted by atomic mass is 10.2. The molecular formula is C23H26FN5O2S. The molecule has 4 rings (SSSR count). The van der Waals surface area contributed by atoms with Crippen LogP contribution in [-0.4, -0.2) is 64.2 Å². The third kappa shape index (κ3) is 5.28. The molecule has 2 heterocycles. The van der Waals surface area contributed by atoms with E-state index in [2.05, 4.69) is 15.1 Å². The summed E-state index contributed by atoms with van der Waals surface area (Å²) in [4.78, 5) is 16.8. The number of anilines is 1. The van der Waals surface area contributed by atoms with Gasteiger partial charge in [0.05, 0.1) is 24.7 Å². The van der Waals surface area contributed by atoms with Crippen molar-refractivity contribution in [2.75, 3.05) is 43.5 Å². The van der Waals surface area contributed by atoms with Gasteiger partial charge in [-0.1, -0.05) is 48.2 Å². The van der Waals surface area contributed by atoms with E-state index in [-0.39, 0.29) is 17.5 Å². The molecule has 0 radical (unpaired) electrons. The van der Waals surface area contributed by atoms with Gasteiger partial charge < -0.3 is 14.5 Å². The molecule has 1 aliphatic heterocycles. The number of hydrogen-bond acceptors (Lipinski definition) is 6. The summed E-state index contributed by atoms with van der Waals surface area (Å²) in [6, 6.07) is 16.3. The van der Waals surface area contributed by atoms with Gasteiger partial charge in [-0.15, -0.1) is 10.2 Å². The Morgan fingerprint density at radius 2 is 1.91 bits per heavy atom. The van der Waals surface area contributed by atoms with Crippen LogP contribution in [0, 0.1) is 5.82 Å². The summed E-state index contributed by atoms with van der Waals surface area (Å²) in [5, 5.41) is 9.27. The zero-order valence-corrected chi connectivity index (χ0v) is 18.8. The van der Waals surface area contributed by atoms with E-state index in [1.54, 1.807) is 6.07 Å². The zero-order valence-electron chi connectivity index (χ0n) is 18.0. The van der Waals surface area contributed by atoms with Gasteiger partial charge in [0, 0.05) is 26.2 Å². The Balaban J connectivity index is 1.53. The molecule has 1 saturated heterocycles. The fraction of sp³-hybridized carbons (Fsp3) is 0.348. The Labute approximate surface area is 191 Å². The number of aromatic nitrogens is 3. The van der Waals surface area contributed by atoms with Crippen molar-refractivity contribution >= 4 is 23.6 Å². The topological polar surface area (TPSA) is 63.5 Å². The monoisotopic (exact) mass is 455 g/mol. The minimum Gasteiger partial charge on any atom is -0.378 e. The van der Waals surface area contributed by atoms with E-state index < -0.39 is 0 Å². The average molecular weight is 456 g/mol. The Bertz CT molecular complexity index is 1040. The van der Waals surface area contributed by atoms with Crippen molar-refractivity contribution in [3.63, 3.8) is 0 Å². The number of rotatable bonds is 8. The highest BCUT2D eigenvalue weighted by molar-refractivity contribution is 7.99. The standard InChI is InChI=1S/C23H26FN5O2S/c1-2-27(16-18-7-4-3-5-8-18)21(30)17-32-23-26-25-22(28-11-13-31-14-12-28)29(23)20-10-6-9-19(24)15-20/h3-10,15H,2,11-14,16-17H2,1H3. The van der Waals surface area contributed by atoms with Gasteiger partial charge in [0.15, 0.2) is 5.16 Å². The highest BCUT2D eigenvalue weighted by atomic mass is 32.2. The first-order chi connectivity index (χ1) is 15.7. The molecule has 1 amide bonds. The van der Waals surface area contributed by atoms with E-state index in [0.29, 0.717) is 56.2 Å². The van der Waals surface area contributed by atoms with Gasteiger partial charge in [0.1, 0.15) is 5.82 Å². The molecule has 0 atom stereocenters. The number of amides is 1. The number of hydrogen-bond donors (Lipinski definition) is 0. The molecule has 3 aromatic rings. The third-order valence-electron chi connectivity index (χ3n) is 5.25. The molecule has 0 aliphatic carbocycles. The number of morpholine rings is 1. The number of halogens is 1. The third-order valence-corrected chi connectivity index (χ3v) is 6.17. The lowest BCUT2D eigenvalue weighted by Crippen LogP contribution is -2.38. The SMILES string of the molecule is CCN(Cc1ccccc1)C(=O)CSc1nnc(N2CCOCC2)n1-c1cccc(F)c1. The maximum atomic E-state index is 14.0. The lowest BCUT2D eigenvalue weighted by molar-refractivity contribution is -0.128. The van der Waals surface area contributed by atoms with Crippen LogP contribution < -0.4 is 4.90 Å². The van der Waals surface area contributed by atoms with Crippen molar-refractivity contribution < 1.29 is 13.9 Å². The Hall–Kier alpha value is -2.91. The predicted molar refractivity (Wildman–Crippen MR) is 123 cm³/mol. The average Bonchev–Trinajstić information content (AvgIpc) is 3.26. The molecule has 0 N–H and O–H groups in total. The Morgan fingerprint density at radius 3 is 2.62 bits per heavy atom. The molecule has 0 saturated carbocycles. The predicted octanol–water partition coefficient (Wildman–Crippen LogP) is 3.38. The summed E-state index contributed by atoms with van der Waals surface area (Å²) in [5.41, 5.74) is 1.72. The smallest absolute Gasteiger partial charge is 0.233 e. The van der Waals surface area contributed by atoms with Gasteiger partial charge in [0.2, 0.25) is 11.9 Å². The molecule has 0 spiro atoms. The summed E-state index contributed by atoms with van der Waals surface area (Å²) in [6.45, 7) is 5.70. The van der Waals surface area contributed by atoms with Crippen LogP contribution in [0.25, 0.3) is 5.69 Å². The number of carbonyl (C=O) groups excluding carboxylic acids is 1. The highest BCUT2D eigenvalue weighted by Gasteiger charge is 2.23. The first-order valence-electron chi connectivity index (χ1n) is 10.6. The van der Waals surface area contributed by atoms with Gasteiger partial charge in [-0.25, -0.2) is 4.39 Å². The van der Waals surface area contributed by atoms with Gasteiger partial charge in [-0.2, -0.15) is 0 Å². The van der Waals surface area contributed by atoms with Crippen LogP contribution in [0.1, 0.15) is 12.5 Å². The zero-order chi connectivity index (χ0) is 22.3. The Morgan fingerprint density at radius 1 is 1.12 bits per heavy atom. The second-order valence-corrected chi connectivity index (χ2v) is 8.32. The minimum absolute atomic E-state index is 0.0167. The molecule has 168 valence electrons. The fourth-order valence-electron chi connectivity index (χ4n) is 3.56. The number of nitrogens with zero attached hydrogens (tertiary/aromatic N) is 5. The van der Waals surface area contributed by atoms with Crippen molar-refractivity contribution in [1.82, 2.24) is 19.7 Å². The molecule has 9 heteroatoms. The first kappa shape index (κ1) is 22.3. The van der Waals surface area contributed by atoms with Crippen molar-refractivity contribution in [3.05, 3.63) is 66.0 Å². The molecule has 7 nitrogen and oxygen atoms in total. The van der Waals surface area contributed by atoms with Crippen LogP contribution in [0.4, 0.5) is 10.3 Å². The van der Waals surface area contributed by atoms with Crippen LogP contribution >= 0.6 is 11.8 Å². The van der Waals surface area contributed by atoms with Gasteiger partial charge in [0.25, 0.3) is 0 Å². The fourth-order valence-corrected chi connectivity index (χ4v) is 4.41. The van der Waals surface area contributed by atoms with E-state index in [9.17, 15) is 9.18 Å². The molecular weight excluding hydrogens is 429 g/mol. The summed E-state index contributed by atoms with van der Waals surface area (Å²) in [7, 11) is 0. The van der Waals surface area contributed by atoms with Gasteiger partial charge in [-0.3, -0.25) is 9.36 Å². The van der Waals surface area contributed by atoms with E-state index in [4.69, 9.17) is 4.74 Å². The van der Waals surface area contributed by atoms with E-state index in [1.165, 1.54) is 23.9 Å². The lowest BCUT2D eigenvalue weighted by Gasteiger charge is -2.28. The minimum atomic E-state index is -0.337. The molecule has 1 aliphatic rings. The second kappa shape index (κ2) is 10.6. The summed E-state index contributed by atoms with van der Waals surface area (Å²) >= 11 is 1.31. The van der Waals surface area contributed by atoms with E-state index in [0.717, 1.165) is 5.56 Å². The quantitative estimate of drug-likeness (QED) is 0.485. The number of carbonyl (C=O) groups is 1. The van der Waals surface area contributed by atoms with Crippen LogP contribution in [0.2, 0.25) is 0 Å². The highest BCUT2D eigenvalue weighted by Crippen LogP contribution is 2.28. The molecule has 0 bridgehead atoms. The van der Waals surface area contributed by atoms with Crippen LogP contribution in [0.15, 0.2) is 59.8 Å². The molecule has 1 fully saturated rings. The molecule has 32 heavy (non-hydrogen) atoms. The van der Waals surface area contributed by atoms with Crippen LogP contribution in [-0.2, 0) is 16.1 Å². The maximum Gasteiger partial charge on any atom is 0.233 e. The largest absolute Gasteiger partial charge is 0.378 e. The summed E-state index contributed by atoms with van der Waals surface area (Å²) in [5.74, 6) is 0.529.